The van der Waals surface area contributed by atoms with Gasteiger partial charge in [0.25, 0.3) is 0 Å². The van der Waals surface area contributed by atoms with Crippen LogP contribution >= 0.6 is 0 Å². The Kier molecular flexibility index (Phi) is 4.80. The highest BCUT2D eigenvalue weighted by atomic mass is 16.3. The lowest BCUT2D eigenvalue weighted by atomic mass is 10.1. The lowest BCUT2D eigenvalue weighted by molar-refractivity contribution is 0.676. The van der Waals surface area contributed by atoms with Gasteiger partial charge in [0, 0.05) is 32.4 Å². The van der Waals surface area contributed by atoms with Crippen molar-refractivity contribution in [1.82, 2.24) is 9.13 Å². The largest absolute Gasteiger partial charge is 0.455 e. The zero-order chi connectivity index (χ0) is 28.7. The molecular weight excluding hydrogens is 528 g/mol. The third-order valence-corrected chi connectivity index (χ3v) is 8.80. The Morgan fingerprint density at radius 3 is 2.12 bits per heavy atom. The van der Waals surface area contributed by atoms with Crippen molar-refractivity contribution in [3.05, 3.63) is 119 Å². The summed E-state index contributed by atoms with van der Waals surface area (Å²) in [6, 6.07) is 37.2. The van der Waals surface area contributed by atoms with Gasteiger partial charge in [-0.2, -0.15) is 10.5 Å². The van der Waals surface area contributed by atoms with Crippen LogP contribution < -0.4 is 10.6 Å². The van der Waals surface area contributed by atoms with Gasteiger partial charge < -0.3 is 13.6 Å². The average molecular weight is 551 g/mol. The van der Waals surface area contributed by atoms with Gasteiger partial charge >= 0.3 is 0 Å². The van der Waals surface area contributed by atoms with Gasteiger partial charge in [0.2, 0.25) is 0 Å². The van der Waals surface area contributed by atoms with E-state index in [0.29, 0.717) is 11.1 Å². The number of aromatic nitrogens is 2. The van der Waals surface area contributed by atoms with E-state index in [1.807, 2.05) is 24.3 Å². The molecule has 200 valence electrons. The summed E-state index contributed by atoms with van der Waals surface area (Å²) in [6.45, 7) is 0. The summed E-state index contributed by atoms with van der Waals surface area (Å²) in [5.74, 6) is 0. The van der Waals surface area contributed by atoms with Crippen LogP contribution in [-0.4, -0.2) is 9.13 Å². The Labute approximate surface area is 245 Å². The molecule has 0 aliphatic heterocycles. The summed E-state index contributed by atoms with van der Waals surface area (Å²) in [5, 5.41) is 27.3. The lowest BCUT2D eigenvalue weighted by Crippen LogP contribution is -2.30. The average Bonchev–Trinajstić information content (AvgIpc) is 3.72. The van der Waals surface area contributed by atoms with Crippen molar-refractivity contribution in [1.29, 1.82) is 10.5 Å². The molecule has 43 heavy (non-hydrogen) atoms. The number of benzene rings is 5. The normalized spacial score (nSPS) is 12.8. The van der Waals surface area contributed by atoms with Crippen LogP contribution in [0.5, 0.6) is 0 Å². The summed E-state index contributed by atoms with van der Waals surface area (Å²) in [6.07, 6.45) is 6.70. The van der Waals surface area contributed by atoms with Gasteiger partial charge in [-0.05, 0) is 73.5 Å². The van der Waals surface area contributed by atoms with Crippen molar-refractivity contribution in [2.24, 2.45) is 0 Å². The second-order valence-electron chi connectivity index (χ2n) is 11.0. The topological polar surface area (TPSA) is 70.6 Å². The van der Waals surface area contributed by atoms with E-state index in [1.54, 1.807) is 12.1 Å². The van der Waals surface area contributed by atoms with E-state index in [-0.39, 0.29) is 0 Å². The molecule has 0 unspecified atom stereocenters. The third-order valence-electron chi connectivity index (χ3n) is 8.80. The molecule has 3 aromatic heterocycles. The molecule has 0 radical (unpaired) electrons. The van der Waals surface area contributed by atoms with E-state index in [1.165, 1.54) is 10.6 Å². The molecule has 5 heteroatoms. The Morgan fingerprint density at radius 1 is 0.605 bits per heavy atom. The summed E-state index contributed by atoms with van der Waals surface area (Å²) >= 11 is 0. The van der Waals surface area contributed by atoms with E-state index < -0.39 is 0 Å². The van der Waals surface area contributed by atoms with Crippen LogP contribution in [0.25, 0.3) is 78.2 Å². The van der Waals surface area contributed by atoms with Gasteiger partial charge in [-0.1, -0.05) is 48.6 Å². The predicted octanol–water partition coefficient (Wildman–Crippen LogP) is 7.73. The van der Waals surface area contributed by atoms with Crippen LogP contribution in [0, 0.1) is 22.7 Å². The first-order valence-electron chi connectivity index (χ1n) is 14.4. The molecule has 0 amide bonds. The standard InChI is InChI=1S/C38H22N4O/c39-21-23-14-17-30(24(20-23)22-40)42-32-13-7-5-11-29(32)36-34(42)19-16-27-26-15-18-33-35(37(26)43-38(27)36)28-10-4-6-12-31(28)41(33)25-8-2-1-3-9-25/h1-3,5,7-20H,4,6H2. The Bertz CT molecular complexity index is 2690. The van der Waals surface area contributed by atoms with Crippen molar-refractivity contribution in [3.8, 4) is 23.5 Å². The molecule has 0 atom stereocenters. The zero-order valence-corrected chi connectivity index (χ0v) is 23.0. The molecule has 0 saturated heterocycles. The Hall–Kier alpha value is -6.04. The number of hydrogen-bond donors (Lipinski definition) is 0. The van der Waals surface area contributed by atoms with Crippen molar-refractivity contribution in [2.45, 2.75) is 12.8 Å². The Morgan fingerprint density at radius 2 is 1.33 bits per heavy atom. The monoisotopic (exact) mass is 550 g/mol. The maximum atomic E-state index is 10.0. The maximum absolute atomic E-state index is 10.0. The van der Waals surface area contributed by atoms with Gasteiger partial charge in [-0.3, -0.25) is 0 Å². The van der Waals surface area contributed by atoms with Crippen LogP contribution in [0.15, 0.2) is 101 Å². The number of nitrogens with zero attached hydrogens (tertiary/aromatic N) is 4. The van der Waals surface area contributed by atoms with Crippen LogP contribution in [0.1, 0.15) is 24.0 Å². The van der Waals surface area contributed by atoms with Crippen molar-refractivity contribution in [2.75, 3.05) is 0 Å². The maximum Gasteiger partial charge on any atom is 0.145 e. The highest BCUT2D eigenvalue weighted by molar-refractivity contribution is 6.26. The first kappa shape index (κ1) is 23.6. The fraction of sp³-hybridized carbons (Fsp3) is 0.0526. The highest BCUT2D eigenvalue weighted by Crippen LogP contribution is 2.42. The van der Waals surface area contributed by atoms with Crippen LogP contribution in [0.2, 0.25) is 0 Å². The molecule has 8 aromatic rings. The molecule has 0 saturated carbocycles. The van der Waals surface area contributed by atoms with Gasteiger partial charge in [-0.25, -0.2) is 0 Å². The second-order valence-corrected chi connectivity index (χ2v) is 11.0. The SMILES string of the molecule is N#Cc1ccc(-n2c3ccccc3c3c4oc5c(ccc6c5c5c(n6-c6ccccc6)=CCCC=5)c4ccc32)c(C#N)c1. The molecule has 3 heterocycles. The number of fused-ring (bicyclic) bond motifs is 11. The van der Waals surface area contributed by atoms with Crippen LogP contribution in [0.3, 0.4) is 0 Å². The van der Waals surface area contributed by atoms with Crippen LogP contribution in [-0.2, 0) is 0 Å². The summed E-state index contributed by atoms with van der Waals surface area (Å²) in [4.78, 5) is 0. The number of para-hydroxylation sites is 2. The first-order chi connectivity index (χ1) is 21.3. The molecule has 0 N–H and O–H groups in total. The predicted molar refractivity (Wildman–Crippen MR) is 172 cm³/mol. The summed E-state index contributed by atoms with van der Waals surface area (Å²) in [7, 11) is 0. The fourth-order valence-electron chi connectivity index (χ4n) is 7.02. The zero-order valence-electron chi connectivity index (χ0n) is 23.0. The van der Waals surface area contributed by atoms with E-state index >= 15 is 0 Å². The van der Waals surface area contributed by atoms with Crippen molar-refractivity contribution in [3.63, 3.8) is 0 Å². The van der Waals surface area contributed by atoms with E-state index in [2.05, 4.69) is 94.1 Å². The Balaban J connectivity index is 1.44. The summed E-state index contributed by atoms with van der Waals surface area (Å²) < 4.78 is 11.4. The molecule has 5 aromatic carbocycles. The number of furan rings is 1. The first-order valence-corrected chi connectivity index (χ1v) is 14.4. The molecule has 0 spiro atoms. The fourth-order valence-corrected chi connectivity index (χ4v) is 7.02. The summed E-state index contributed by atoms with van der Waals surface area (Å²) in [5.41, 5.74) is 7.59. The minimum atomic E-state index is 0.453. The number of hydrogen-bond acceptors (Lipinski definition) is 3. The van der Waals surface area contributed by atoms with Gasteiger partial charge in [0.15, 0.2) is 0 Å². The third kappa shape index (κ3) is 3.14. The van der Waals surface area contributed by atoms with Gasteiger partial charge in [0.05, 0.1) is 50.2 Å². The minimum absolute atomic E-state index is 0.453. The van der Waals surface area contributed by atoms with Crippen LogP contribution in [0.4, 0.5) is 0 Å². The molecular formula is C38H22N4O. The van der Waals surface area contributed by atoms with E-state index in [0.717, 1.165) is 78.9 Å². The van der Waals surface area contributed by atoms with Crippen molar-refractivity contribution >= 4 is 66.8 Å². The van der Waals surface area contributed by atoms with E-state index in [4.69, 9.17) is 4.42 Å². The molecule has 5 nitrogen and oxygen atoms in total. The van der Waals surface area contributed by atoms with Gasteiger partial charge in [0.1, 0.15) is 17.2 Å². The minimum Gasteiger partial charge on any atom is -0.455 e. The molecule has 1 aliphatic rings. The lowest BCUT2D eigenvalue weighted by Gasteiger charge is -2.10. The van der Waals surface area contributed by atoms with Crippen molar-refractivity contribution < 1.29 is 4.42 Å². The number of rotatable bonds is 2. The number of nitriles is 2. The molecule has 1 aliphatic carbocycles. The molecule has 9 rings (SSSR count). The highest BCUT2D eigenvalue weighted by Gasteiger charge is 2.22. The van der Waals surface area contributed by atoms with Gasteiger partial charge in [-0.15, -0.1) is 0 Å². The quantitative estimate of drug-likeness (QED) is 0.221. The molecule has 0 bridgehead atoms. The smallest absolute Gasteiger partial charge is 0.145 e. The second kappa shape index (κ2) is 8.73. The van der Waals surface area contributed by atoms with E-state index in [9.17, 15) is 10.5 Å². The molecule has 0 fully saturated rings.